The topological polar surface area (TPSA) is 61.6 Å². The van der Waals surface area contributed by atoms with Crippen LogP contribution < -0.4 is 11.2 Å². The fourth-order valence-corrected chi connectivity index (χ4v) is 3.08. The minimum absolute atomic E-state index is 0.120. The number of hydrazine groups is 1. The lowest BCUT2D eigenvalue weighted by molar-refractivity contribution is 0.198. The molecular weight excluding hydrogens is 240 g/mol. The molecule has 2 aliphatic rings. The van der Waals surface area contributed by atoms with Crippen molar-refractivity contribution in [2.45, 2.75) is 52.5 Å². The van der Waals surface area contributed by atoms with Gasteiger partial charge in [-0.3, -0.25) is 15.2 Å². The highest BCUT2D eigenvalue weighted by Gasteiger charge is 2.31. The second kappa shape index (κ2) is 5.25. The monoisotopic (exact) mass is 264 g/mol. The predicted molar refractivity (Wildman–Crippen MR) is 75.7 cm³/mol. The third-order valence-electron chi connectivity index (χ3n) is 4.03. The fraction of sp³-hybridized carbons (Fsp3) is 0.643. The Morgan fingerprint density at radius 2 is 1.95 bits per heavy atom. The zero-order valence-electron chi connectivity index (χ0n) is 12.3. The molecule has 0 unspecified atom stereocenters. The first kappa shape index (κ1) is 13.9. The number of allylic oxidation sites excluding steroid dienone is 2. The van der Waals surface area contributed by atoms with Gasteiger partial charge in [-0.05, 0) is 33.6 Å². The molecule has 1 fully saturated rings. The second-order valence-corrected chi connectivity index (χ2v) is 5.66. The molecule has 0 aromatic heterocycles. The summed E-state index contributed by atoms with van der Waals surface area (Å²) in [4.78, 5) is 13.7. The van der Waals surface area contributed by atoms with Gasteiger partial charge >= 0.3 is 6.03 Å². The van der Waals surface area contributed by atoms with Crippen molar-refractivity contribution in [1.29, 1.82) is 0 Å². The molecule has 0 aromatic carbocycles. The number of amides is 2. The van der Waals surface area contributed by atoms with E-state index in [1.807, 2.05) is 20.8 Å². The Morgan fingerprint density at radius 3 is 2.47 bits per heavy atom. The number of hydrogen-bond donors (Lipinski definition) is 2. The summed E-state index contributed by atoms with van der Waals surface area (Å²) in [6, 6.07) is 0.220. The van der Waals surface area contributed by atoms with Gasteiger partial charge in [0.25, 0.3) is 0 Å². The van der Waals surface area contributed by atoms with Crippen molar-refractivity contribution >= 4 is 6.03 Å². The van der Waals surface area contributed by atoms with Crippen molar-refractivity contribution in [3.8, 4) is 0 Å². The average molecular weight is 264 g/mol. The summed E-state index contributed by atoms with van der Waals surface area (Å²) in [5.74, 6) is 6.99. The Bertz CT molecular complexity index is 442. The van der Waals surface area contributed by atoms with Crippen molar-refractivity contribution in [3.05, 3.63) is 22.7 Å². The Kier molecular flexibility index (Phi) is 3.85. The van der Waals surface area contributed by atoms with Gasteiger partial charge in [0, 0.05) is 18.7 Å². The molecule has 3 N–H and O–H groups in total. The van der Waals surface area contributed by atoms with Gasteiger partial charge in [-0.1, -0.05) is 18.4 Å². The molecule has 1 saturated carbocycles. The van der Waals surface area contributed by atoms with Crippen LogP contribution >= 0.6 is 0 Å². The van der Waals surface area contributed by atoms with Gasteiger partial charge in [-0.25, -0.2) is 10.6 Å². The summed E-state index contributed by atoms with van der Waals surface area (Å²) in [7, 11) is 1.79. The molecule has 5 heteroatoms. The molecular formula is C14H24N4O. The molecule has 2 amide bonds. The van der Waals surface area contributed by atoms with E-state index in [2.05, 4.69) is 5.32 Å². The van der Waals surface area contributed by atoms with E-state index in [1.54, 1.807) is 17.0 Å². The summed E-state index contributed by atoms with van der Waals surface area (Å²) in [6.07, 6.45) is 4.63. The van der Waals surface area contributed by atoms with E-state index < -0.39 is 0 Å². The SMILES string of the molecule is CC(C)=C1C(C)=C(N(N)C2CCCC2)NC(=O)N1C. The Morgan fingerprint density at radius 1 is 1.37 bits per heavy atom. The first-order valence-corrected chi connectivity index (χ1v) is 6.91. The number of nitrogens with one attached hydrogen (secondary N) is 1. The maximum atomic E-state index is 12.0. The minimum atomic E-state index is -0.120. The molecule has 0 radical (unpaired) electrons. The standard InChI is InChI=1S/C14H24N4O/c1-9(2)12-10(3)13(16-14(19)17(12)4)18(15)11-7-5-6-8-11/h11H,5-8,15H2,1-4H3,(H,16,19). The molecule has 1 aliphatic carbocycles. The van der Waals surface area contributed by atoms with Crippen LogP contribution in [0.1, 0.15) is 46.5 Å². The lowest BCUT2D eigenvalue weighted by Crippen LogP contribution is -2.51. The summed E-state index contributed by atoms with van der Waals surface area (Å²) in [6.45, 7) is 6.05. The molecule has 19 heavy (non-hydrogen) atoms. The van der Waals surface area contributed by atoms with Gasteiger partial charge < -0.3 is 0 Å². The van der Waals surface area contributed by atoms with Crippen LogP contribution in [0.25, 0.3) is 0 Å². The molecule has 1 aliphatic heterocycles. The van der Waals surface area contributed by atoms with Crippen molar-refractivity contribution in [3.63, 3.8) is 0 Å². The first-order valence-electron chi connectivity index (χ1n) is 6.91. The second-order valence-electron chi connectivity index (χ2n) is 5.66. The number of nitrogens with two attached hydrogens (primary N) is 1. The zero-order valence-corrected chi connectivity index (χ0v) is 12.3. The van der Waals surface area contributed by atoms with Gasteiger partial charge in [0.1, 0.15) is 5.82 Å². The van der Waals surface area contributed by atoms with Gasteiger partial charge in [0.15, 0.2) is 0 Å². The Balaban J connectivity index is 2.37. The van der Waals surface area contributed by atoms with E-state index in [-0.39, 0.29) is 6.03 Å². The normalized spacial score (nSPS) is 21.0. The van der Waals surface area contributed by atoms with E-state index in [1.165, 1.54) is 12.8 Å². The van der Waals surface area contributed by atoms with Gasteiger partial charge in [-0.15, -0.1) is 0 Å². The number of carbonyl (C=O) groups excluding carboxylic acids is 1. The highest BCUT2D eigenvalue weighted by atomic mass is 16.2. The summed E-state index contributed by atoms with van der Waals surface area (Å²) in [5, 5.41) is 4.67. The highest BCUT2D eigenvalue weighted by Crippen LogP contribution is 2.29. The summed E-state index contributed by atoms with van der Waals surface area (Å²) in [5.41, 5.74) is 3.12. The maximum absolute atomic E-state index is 12.0. The molecule has 2 rings (SSSR count). The Labute approximate surface area is 115 Å². The van der Waals surface area contributed by atoms with Crippen LogP contribution in [0.5, 0.6) is 0 Å². The quantitative estimate of drug-likeness (QED) is 0.594. The van der Waals surface area contributed by atoms with Crippen LogP contribution in [0.2, 0.25) is 0 Å². The third kappa shape index (κ3) is 2.47. The van der Waals surface area contributed by atoms with E-state index in [0.29, 0.717) is 6.04 Å². The first-order chi connectivity index (χ1) is 8.93. The predicted octanol–water partition coefficient (Wildman–Crippen LogP) is 2.29. The third-order valence-corrected chi connectivity index (χ3v) is 4.03. The minimum Gasteiger partial charge on any atom is -0.297 e. The number of urea groups is 1. The molecule has 106 valence electrons. The van der Waals surface area contributed by atoms with Crippen molar-refractivity contribution in [2.24, 2.45) is 5.84 Å². The van der Waals surface area contributed by atoms with E-state index >= 15 is 0 Å². The van der Waals surface area contributed by atoms with Gasteiger partial charge in [-0.2, -0.15) is 0 Å². The van der Waals surface area contributed by atoms with Gasteiger partial charge in [0.05, 0.1) is 5.70 Å². The lowest BCUT2D eigenvalue weighted by atomic mass is 10.1. The van der Waals surface area contributed by atoms with Crippen molar-refractivity contribution in [1.82, 2.24) is 15.2 Å². The molecule has 0 bridgehead atoms. The van der Waals surface area contributed by atoms with E-state index in [9.17, 15) is 4.79 Å². The molecule has 0 aromatic rings. The van der Waals surface area contributed by atoms with Crippen LogP contribution in [0, 0.1) is 0 Å². The number of nitrogens with zero attached hydrogens (tertiary/aromatic N) is 2. The maximum Gasteiger partial charge on any atom is 0.327 e. The molecule has 5 nitrogen and oxygen atoms in total. The Hall–Kier alpha value is -1.49. The highest BCUT2D eigenvalue weighted by molar-refractivity contribution is 5.81. The molecule has 0 saturated heterocycles. The number of rotatable bonds is 2. The smallest absolute Gasteiger partial charge is 0.297 e. The van der Waals surface area contributed by atoms with Crippen molar-refractivity contribution in [2.75, 3.05) is 7.05 Å². The molecule has 0 atom stereocenters. The summed E-state index contributed by atoms with van der Waals surface area (Å²) >= 11 is 0. The van der Waals surface area contributed by atoms with E-state index in [4.69, 9.17) is 5.84 Å². The van der Waals surface area contributed by atoms with Crippen LogP contribution in [0.3, 0.4) is 0 Å². The fourth-order valence-electron chi connectivity index (χ4n) is 3.08. The van der Waals surface area contributed by atoms with Crippen LogP contribution in [0.4, 0.5) is 4.79 Å². The number of likely N-dealkylation sites (N-methyl/N-ethyl adjacent to an activating group) is 1. The van der Waals surface area contributed by atoms with Crippen molar-refractivity contribution < 1.29 is 4.79 Å². The largest absolute Gasteiger partial charge is 0.327 e. The average Bonchev–Trinajstić information content (AvgIpc) is 2.86. The zero-order chi connectivity index (χ0) is 14.2. The van der Waals surface area contributed by atoms with Gasteiger partial charge in [0.2, 0.25) is 0 Å². The number of hydrogen-bond acceptors (Lipinski definition) is 3. The van der Waals surface area contributed by atoms with Crippen LogP contribution in [-0.2, 0) is 0 Å². The van der Waals surface area contributed by atoms with E-state index in [0.717, 1.165) is 35.5 Å². The molecule has 1 heterocycles. The van der Waals surface area contributed by atoms with Crippen LogP contribution in [0.15, 0.2) is 22.7 Å². The molecule has 0 spiro atoms. The summed E-state index contributed by atoms with van der Waals surface area (Å²) < 4.78 is 0. The lowest BCUT2D eigenvalue weighted by Gasteiger charge is -2.37. The van der Waals surface area contributed by atoms with Crippen LogP contribution in [-0.4, -0.2) is 29.0 Å². The number of carbonyl (C=O) groups is 1.